The molecule has 0 fully saturated rings. The average molecular weight is 497 g/mol. The summed E-state index contributed by atoms with van der Waals surface area (Å²) in [6.07, 6.45) is 4.54. The van der Waals surface area contributed by atoms with Crippen LogP contribution in [-0.4, -0.2) is 42.2 Å². The molecule has 188 valence electrons. The molecule has 37 heavy (non-hydrogen) atoms. The van der Waals surface area contributed by atoms with Crippen molar-refractivity contribution in [1.29, 1.82) is 0 Å². The lowest BCUT2D eigenvalue weighted by atomic mass is 9.98. The molecule has 6 heteroatoms. The fourth-order valence-corrected chi connectivity index (χ4v) is 4.52. The smallest absolute Gasteiger partial charge is 0.227 e. The van der Waals surface area contributed by atoms with E-state index in [2.05, 4.69) is 29.2 Å². The largest absolute Gasteiger partial charge is 0.491 e. The summed E-state index contributed by atoms with van der Waals surface area (Å²) in [5.74, 6) is 0.515. The van der Waals surface area contributed by atoms with Crippen molar-refractivity contribution in [3.8, 4) is 16.9 Å². The highest BCUT2D eigenvalue weighted by molar-refractivity contribution is 5.78. The number of halogens is 1. The van der Waals surface area contributed by atoms with Crippen molar-refractivity contribution in [2.24, 2.45) is 0 Å². The highest BCUT2D eigenvalue weighted by atomic mass is 19.1. The molecular weight excluding hydrogens is 467 g/mol. The number of pyridine rings is 1. The first-order chi connectivity index (χ1) is 18.1. The highest BCUT2D eigenvalue weighted by Crippen LogP contribution is 2.29. The third-order valence-electron chi connectivity index (χ3n) is 6.43. The second-order valence-corrected chi connectivity index (χ2v) is 9.14. The van der Waals surface area contributed by atoms with Crippen molar-refractivity contribution in [2.45, 2.75) is 19.4 Å². The van der Waals surface area contributed by atoms with E-state index in [0.29, 0.717) is 39.3 Å². The van der Waals surface area contributed by atoms with Gasteiger partial charge in [0.1, 0.15) is 18.2 Å². The van der Waals surface area contributed by atoms with Gasteiger partial charge >= 0.3 is 0 Å². The maximum absolute atomic E-state index is 13.3. The molecule has 1 amide bonds. The quantitative estimate of drug-likeness (QED) is 0.378. The van der Waals surface area contributed by atoms with Crippen molar-refractivity contribution < 1.29 is 18.7 Å². The van der Waals surface area contributed by atoms with Crippen LogP contribution in [0, 0.1) is 5.82 Å². The number of hydrogen-bond acceptors (Lipinski definition) is 4. The molecule has 0 spiro atoms. The molecule has 5 nitrogen and oxygen atoms in total. The molecule has 2 bridgehead atoms. The summed E-state index contributed by atoms with van der Waals surface area (Å²) in [4.78, 5) is 19.2. The van der Waals surface area contributed by atoms with E-state index in [1.807, 2.05) is 41.4 Å². The maximum Gasteiger partial charge on any atom is 0.227 e. The summed E-state index contributed by atoms with van der Waals surface area (Å²) in [5, 5.41) is 0. The minimum absolute atomic E-state index is 0.0181. The van der Waals surface area contributed by atoms with Crippen LogP contribution in [-0.2, 0) is 28.9 Å². The standard InChI is InChI=1S/C31H29FN2O3/c32-29-9-6-23(7-10-29)19-31(35)34-13-14-36-15-16-37-30-11-8-26(27-5-2-12-33-21-27)20-28(30)18-24-3-1-4-25(17-24)22-34/h1-12,17,20-21H,13-16,18-19,22H2. The van der Waals surface area contributed by atoms with E-state index in [1.54, 1.807) is 18.3 Å². The van der Waals surface area contributed by atoms with Crippen LogP contribution < -0.4 is 4.74 Å². The zero-order chi connectivity index (χ0) is 25.5. The predicted octanol–water partition coefficient (Wildman–Crippen LogP) is 5.46. The van der Waals surface area contributed by atoms with Crippen LogP contribution in [0.3, 0.4) is 0 Å². The third kappa shape index (κ3) is 6.60. The van der Waals surface area contributed by atoms with Gasteiger partial charge in [0.2, 0.25) is 5.91 Å². The molecule has 0 unspecified atom stereocenters. The van der Waals surface area contributed by atoms with Crippen molar-refractivity contribution >= 4 is 5.91 Å². The fourth-order valence-electron chi connectivity index (χ4n) is 4.52. The van der Waals surface area contributed by atoms with Gasteiger partial charge in [-0.05, 0) is 58.1 Å². The van der Waals surface area contributed by atoms with Crippen molar-refractivity contribution in [1.82, 2.24) is 9.88 Å². The van der Waals surface area contributed by atoms with E-state index >= 15 is 0 Å². The number of nitrogens with zero attached hydrogens (tertiary/aromatic N) is 2. The average Bonchev–Trinajstić information content (AvgIpc) is 2.92. The molecule has 4 aromatic rings. The van der Waals surface area contributed by atoms with Crippen LogP contribution in [0.5, 0.6) is 5.75 Å². The fraction of sp³-hybridized carbons (Fsp3) is 0.226. The molecule has 0 radical (unpaired) electrons. The van der Waals surface area contributed by atoms with Crippen LogP contribution >= 0.6 is 0 Å². The Balaban J connectivity index is 1.40. The number of fused-ring (bicyclic) bond motifs is 3. The SMILES string of the molecule is O=C(Cc1ccc(F)cc1)N1CCOCCOc2ccc(-c3cccnc3)cc2Cc2cccc(c2)C1. The van der Waals surface area contributed by atoms with E-state index in [1.165, 1.54) is 12.1 Å². The normalized spacial score (nSPS) is 14.2. The monoisotopic (exact) mass is 496 g/mol. The molecule has 0 aliphatic carbocycles. The molecule has 2 heterocycles. The molecule has 0 saturated heterocycles. The first-order valence-corrected chi connectivity index (χ1v) is 12.5. The lowest BCUT2D eigenvalue weighted by Crippen LogP contribution is -2.35. The summed E-state index contributed by atoms with van der Waals surface area (Å²) in [5.41, 5.74) is 6.20. The predicted molar refractivity (Wildman–Crippen MR) is 141 cm³/mol. The van der Waals surface area contributed by atoms with Gasteiger partial charge in [-0.3, -0.25) is 9.78 Å². The molecule has 1 aliphatic rings. The highest BCUT2D eigenvalue weighted by Gasteiger charge is 2.16. The molecule has 0 atom stereocenters. The van der Waals surface area contributed by atoms with Crippen LogP contribution in [0.25, 0.3) is 11.1 Å². The van der Waals surface area contributed by atoms with Crippen molar-refractivity contribution in [3.05, 3.63) is 119 Å². The maximum atomic E-state index is 13.3. The zero-order valence-corrected chi connectivity index (χ0v) is 20.6. The number of amides is 1. The molecule has 5 rings (SSSR count). The van der Waals surface area contributed by atoms with E-state index < -0.39 is 0 Å². The Labute approximate surface area is 216 Å². The van der Waals surface area contributed by atoms with E-state index in [-0.39, 0.29) is 18.1 Å². The lowest BCUT2D eigenvalue weighted by Gasteiger charge is -2.24. The zero-order valence-electron chi connectivity index (χ0n) is 20.6. The van der Waals surface area contributed by atoms with Gasteiger partial charge in [0, 0.05) is 37.5 Å². The lowest BCUT2D eigenvalue weighted by molar-refractivity contribution is -0.131. The number of rotatable bonds is 3. The first-order valence-electron chi connectivity index (χ1n) is 12.5. The van der Waals surface area contributed by atoms with E-state index in [4.69, 9.17) is 9.47 Å². The second kappa shape index (κ2) is 11.8. The van der Waals surface area contributed by atoms with Crippen LogP contribution in [0.2, 0.25) is 0 Å². The van der Waals surface area contributed by atoms with Gasteiger partial charge in [-0.2, -0.15) is 0 Å². The first kappa shape index (κ1) is 24.7. The molecule has 0 N–H and O–H groups in total. The van der Waals surface area contributed by atoms with Gasteiger partial charge < -0.3 is 14.4 Å². The van der Waals surface area contributed by atoms with Gasteiger partial charge in [-0.15, -0.1) is 0 Å². The van der Waals surface area contributed by atoms with Gasteiger partial charge in [-0.1, -0.05) is 48.5 Å². The minimum Gasteiger partial charge on any atom is -0.491 e. The number of benzene rings is 3. The van der Waals surface area contributed by atoms with E-state index in [9.17, 15) is 9.18 Å². The van der Waals surface area contributed by atoms with Crippen LogP contribution in [0.1, 0.15) is 22.3 Å². The molecule has 0 saturated carbocycles. The number of carbonyl (C=O) groups is 1. The summed E-state index contributed by atoms with van der Waals surface area (Å²) in [7, 11) is 0. The topological polar surface area (TPSA) is 51.7 Å². The molecule has 1 aromatic heterocycles. The van der Waals surface area contributed by atoms with Gasteiger partial charge in [0.15, 0.2) is 0 Å². The van der Waals surface area contributed by atoms with E-state index in [0.717, 1.165) is 39.1 Å². The summed E-state index contributed by atoms with van der Waals surface area (Å²) in [6, 6.07) is 24.6. The number of aromatic nitrogens is 1. The van der Waals surface area contributed by atoms with Crippen molar-refractivity contribution in [3.63, 3.8) is 0 Å². The van der Waals surface area contributed by atoms with Crippen LogP contribution in [0.4, 0.5) is 4.39 Å². The van der Waals surface area contributed by atoms with Crippen molar-refractivity contribution in [2.75, 3.05) is 26.4 Å². The third-order valence-corrected chi connectivity index (χ3v) is 6.43. The number of carbonyl (C=O) groups excluding carboxylic acids is 1. The Morgan fingerprint density at radius 3 is 2.59 bits per heavy atom. The Hall–Kier alpha value is -4.03. The molecular formula is C31H29FN2O3. The molecule has 3 aromatic carbocycles. The Morgan fingerprint density at radius 2 is 1.76 bits per heavy atom. The number of hydrogen-bond donors (Lipinski definition) is 0. The summed E-state index contributed by atoms with van der Waals surface area (Å²) >= 11 is 0. The summed E-state index contributed by atoms with van der Waals surface area (Å²) in [6.45, 7) is 2.20. The molecule has 1 aliphatic heterocycles. The Kier molecular flexibility index (Phi) is 7.87. The van der Waals surface area contributed by atoms with Gasteiger partial charge in [-0.25, -0.2) is 4.39 Å². The summed E-state index contributed by atoms with van der Waals surface area (Å²) < 4.78 is 25.2. The second-order valence-electron chi connectivity index (χ2n) is 9.14. The van der Waals surface area contributed by atoms with Gasteiger partial charge in [0.25, 0.3) is 0 Å². The van der Waals surface area contributed by atoms with Gasteiger partial charge in [0.05, 0.1) is 19.6 Å². The number of ether oxygens (including phenoxy) is 2. The Morgan fingerprint density at radius 1 is 0.892 bits per heavy atom. The Bertz CT molecular complexity index is 1340. The van der Waals surface area contributed by atoms with Crippen LogP contribution in [0.15, 0.2) is 91.3 Å². The minimum atomic E-state index is -0.309.